The van der Waals surface area contributed by atoms with Gasteiger partial charge in [0.2, 0.25) is 0 Å². The van der Waals surface area contributed by atoms with Crippen molar-refractivity contribution in [2.24, 2.45) is 11.3 Å². The monoisotopic (exact) mass is 239 g/mol. The van der Waals surface area contributed by atoms with E-state index in [2.05, 4.69) is 26.1 Å². The maximum Gasteiger partial charge on any atom is 0.000780 e. The van der Waals surface area contributed by atoms with E-state index >= 15 is 0 Å². The van der Waals surface area contributed by atoms with Crippen molar-refractivity contribution in [3.05, 3.63) is 0 Å². The Bertz CT molecular complexity index is 180. The van der Waals surface area contributed by atoms with Crippen molar-refractivity contribution in [2.75, 3.05) is 13.1 Å². The van der Waals surface area contributed by atoms with Crippen LogP contribution in [-0.2, 0) is 0 Å². The summed E-state index contributed by atoms with van der Waals surface area (Å²) in [5.41, 5.74) is 0.655. The first-order chi connectivity index (χ1) is 8.18. The van der Waals surface area contributed by atoms with Crippen molar-refractivity contribution < 1.29 is 0 Å². The fraction of sp³-hybridized carbons (Fsp3) is 1.00. The topological polar surface area (TPSA) is 12.0 Å². The fourth-order valence-corrected chi connectivity index (χ4v) is 3.23. The Morgan fingerprint density at radius 3 is 2.41 bits per heavy atom. The Balaban J connectivity index is 2.34. The van der Waals surface area contributed by atoms with Crippen LogP contribution in [0.1, 0.15) is 78.6 Å². The van der Waals surface area contributed by atoms with Crippen molar-refractivity contribution in [3.8, 4) is 0 Å². The van der Waals surface area contributed by atoms with Gasteiger partial charge in [0, 0.05) is 6.54 Å². The van der Waals surface area contributed by atoms with E-state index in [4.69, 9.17) is 0 Å². The van der Waals surface area contributed by atoms with Crippen LogP contribution in [-0.4, -0.2) is 13.1 Å². The summed E-state index contributed by atoms with van der Waals surface area (Å²) >= 11 is 0. The van der Waals surface area contributed by atoms with Gasteiger partial charge in [-0.1, -0.05) is 52.9 Å². The van der Waals surface area contributed by atoms with E-state index in [0.29, 0.717) is 5.41 Å². The molecule has 17 heavy (non-hydrogen) atoms. The van der Waals surface area contributed by atoms with E-state index < -0.39 is 0 Å². The molecule has 102 valence electrons. The van der Waals surface area contributed by atoms with E-state index in [-0.39, 0.29) is 0 Å². The summed E-state index contributed by atoms with van der Waals surface area (Å²) in [7, 11) is 0. The summed E-state index contributed by atoms with van der Waals surface area (Å²) in [5, 5.41) is 3.68. The lowest BCUT2D eigenvalue weighted by Crippen LogP contribution is -2.36. The summed E-state index contributed by atoms with van der Waals surface area (Å²) in [6, 6.07) is 0. The Morgan fingerprint density at radius 1 is 1.12 bits per heavy atom. The summed E-state index contributed by atoms with van der Waals surface area (Å²) in [6.07, 6.45) is 12.9. The molecular formula is C16H33N. The van der Waals surface area contributed by atoms with Crippen LogP contribution in [0.15, 0.2) is 0 Å². The second kappa shape index (κ2) is 8.13. The van der Waals surface area contributed by atoms with Gasteiger partial charge in [-0.3, -0.25) is 0 Å². The predicted molar refractivity (Wildman–Crippen MR) is 77.4 cm³/mol. The molecule has 0 aromatic rings. The minimum Gasteiger partial charge on any atom is -0.316 e. The highest BCUT2D eigenvalue weighted by molar-refractivity contribution is 4.84. The first-order valence-corrected chi connectivity index (χ1v) is 7.89. The summed E-state index contributed by atoms with van der Waals surface area (Å²) < 4.78 is 0. The van der Waals surface area contributed by atoms with Gasteiger partial charge in [-0.05, 0) is 43.6 Å². The van der Waals surface area contributed by atoms with Gasteiger partial charge >= 0.3 is 0 Å². The van der Waals surface area contributed by atoms with Crippen LogP contribution >= 0.6 is 0 Å². The lowest BCUT2D eigenvalue weighted by molar-refractivity contribution is 0.160. The lowest BCUT2D eigenvalue weighted by atomic mass is 9.70. The average Bonchev–Trinajstić information content (AvgIpc) is 2.30. The molecule has 0 atom stereocenters. The van der Waals surface area contributed by atoms with Gasteiger partial charge in [0.25, 0.3) is 0 Å². The zero-order valence-electron chi connectivity index (χ0n) is 12.4. The highest BCUT2D eigenvalue weighted by Crippen LogP contribution is 2.40. The van der Waals surface area contributed by atoms with Crippen molar-refractivity contribution in [1.82, 2.24) is 5.32 Å². The second-order valence-electron chi connectivity index (χ2n) is 6.52. The van der Waals surface area contributed by atoms with Crippen LogP contribution in [0, 0.1) is 11.3 Å². The molecule has 0 spiro atoms. The minimum atomic E-state index is 0.655. The largest absolute Gasteiger partial charge is 0.316 e. The van der Waals surface area contributed by atoms with Crippen LogP contribution in [0.25, 0.3) is 0 Å². The highest BCUT2D eigenvalue weighted by atomic mass is 14.9. The van der Waals surface area contributed by atoms with Crippen LogP contribution in [0.4, 0.5) is 0 Å². The third-order valence-electron chi connectivity index (χ3n) is 4.33. The molecule has 1 saturated carbocycles. The summed E-state index contributed by atoms with van der Waals surface area (Å²) in [4.78, 5) is 0. The molecule has 0 aromatic carbocycles. The van der Waals surface area contributed by atoms with Gasteiger partial charge in [-0.25, -0.2) is 0 Å². The number of rotatable bonds is 8. The maximum absolute atomic E-state index is 3.68. The molecule has 0 heterocycles. The van der Waals surface area contributed by atoms with E-state index in [1.807, 2.05) is 0 Å². The van der Waals surface area contributed by atoms with E-state index in [1.165, 1.54) is 70.9 Å². The molecule has 0 amide bonds. The lowest BCUT2D eigenvalue weighted by Gasteiger charge is -2.38. The molecule has 0 bridgehead atoms. The van der Waals surface area contributed by atoms with Crippen LogP contribution in [0.3, 0.4) is 0 Å². The minimum absolute atomic E-state index is 0.655. The fourth-order valence-electron chi connectivity index (χ4n) is 3.23. The molecule has 0 unspecified atom stereocenters. The van der Waals surface area contributed by atoms with Crippen molar-refractivity contribution in [1.29, 1.82) is 0 Å². The molecule has 0 aromatic heterocycles. The van der Waals surface area contributed by atoms with E-state index in [1.54, 1.807) is 0 Å². The number of hydrogen-bond acceptors (Lipinski definition) is 1. The van der Waals surface area contributed by atoms with Gasteiger partial charge in [-0.15, -0.1) is 0 Å². The van der Waals surface area contributed by atoms with Gasteiger partial charge in [0.05, 0.1) is 0 Å². The van der Waals surface area contributed by atoms with Gasteiger partial charge in [0.1, 0.15) is 0 Å². The Hall–Kier alpha value is -0.0400. The first kappa shape index (κ1) is 15.0. The number of hydrogen-bond donors (Lipinski definition) is 1. The normalized spacial score (nSPS) is 19.8. The zero-order chi connectivity index (χ0) is 12.6. The van der Waals surface area contributed by atoms with Crippen molar-refractivity contribution in [3.63, 3.8) is 0 Å². The van der Waals surface area contributed by atoms with Gasteiger partial charge in [-0.2, -0.15) is 0 Å². The SMILES string of the molecule is CCCNCC1(CCCC(C)C)CCCCC1. The Kier molecular flexibility index (Phi) is 7.18. The molecule has 0 radical (unpaired) electrons. The van der Waals surface area contributed by atoms with Crippen LogP contribution in [0.5, 0.6) is 0 Å². The molecular weight excluding hydrogens is 206 g/mol. The molecule has 0 saturated heterocycles. The van der Waals surface area contributed by atoms with Gasteiger partial charge < -0.3 is 5.32 Å². The zero-order valence-corrected chi connectivity index (χ0v) is 12.4. The molecule has 1 nitrogen and oxygen atoms in total. The van der Waals surface area contributed by atoms with Crippen LogP contribution < -0.4 is 5.32 Å². The molecule has 1 heteroatoms. The Labute approximate surface area is 109 Å². The molecule has 1 N–H and O–H groups in total. The third kappa shape index (κ3) is 5.90. The molecule has 1 fully saturated rings. The second-order valence-corrected chi connectivity index (χ2v) is 6.52. The standard InChI is InChI=1S/C16H33N/c1-4-13-17-14-16(10-6-5-7-11-16)12-8-9-15(2)3/h15,17H,4-14H2,1-3H3. The third-order valence-corrected chi connectivity index (χ3v) is 4.33. The van der Waals surface area contributed by atoms with Crippen molar-refractivity contribution in [2.45, 2.75) is 78.6 Å². The van der Waals surface area contributed by atoms with Crippen molar-refractivity contribution >= 4 is 0 Å². The quantitative estimate of drug-likeness (QED) is 0.602. The first-order valence-electron chi connectivity index (χ1n) is 7.89. The molecule has 0 aliphatic heterocycles. The molecule has 1 aliphatic carbocycles. The summed E-state index contributed by atoms with van der Waals surface area (Å²) in [5.74, 6) is 0.874. The van der Waals surface area contributed by atoms with Gasteiger partial charge in [0.15, 0.2) is 0 Å². The number of nitrogens with one attached hydrogen (secondary N) is 1. The van der Waals surface area contributed by atoms with E-state index in [9.17, 15) is 0 Å². The van der Waals surface area contributed by atoms with E-state index in [0.717, 1.165) is 5.92 Å². The Morgan fingerprint density at radius 2 is 1.82 bits per heavy atom. The molecule has 1 aliphatic rings. The predicted octanol–water partition coefficient (Wildman–Crippen LogP) is 4.76. The average molecular weight is 239 g/mol. The maximum atomic E-state index is 3.68. The smallest absolute Gasteiger partial charge is 0.000780 e. The summed E-state index contributed by atoms with van der Waals surface area (Å²) in [6.45, 7) is 9.44. The van der Waals surface area contributed by atoms with Crippen LogP contribution in [0.2, 0.25) is 0 Å². The molecule has 1 rings (SSSR count). The highest BCUT2D eigenvalue weighted by Gasteiger charge is 2.30.